The predicted octanol–water partition coefficient (Wildman–Crippen LogP) is 5.57. The van der Waals surface area contributed by atoms with E-state index in [2.05, 4.69) is 13.0 Å². The van der Waals surface area contributed by atoms with Gasteiger partial charge in [0.1, 0.15) is 17.8 Å². The summed E-state index contributed by atoms with van der Waals surface area (Å²) in [6.45, 7) is 8.92. The zero-order valence-corrected chi connectivity index (χ0v) is 21.8. The number of unbranched alkanes of at least 4 members (excludes halogenated alkanes) is 6. The minimum Gasteiger partial charge on any atom is -0.457 e. The molecule has 1 aliphatic rings. The maximum absolute atomic E-state index is 12.5. The van der Waals surface area contributed by atoms with Gasteiger partial charge in [-0.05, 0) is 51.2 Å². The van der Waals surface area contributed by atoms with Crippen molar-refractivity contribution in [1.82, 2.24) is 0 Å². The van der Waals surface area contributed by atoms with Crippen molar-refractivity contribution in [1.29, 1.82) is 0 Å². The van der Waals surface area contributed by atoms with E-state index in [9.17, 15) is 19.8 Å². The molecule has 6 heteroatoms. The lowest BCUT2D eigenvalue weighted by Gasteiger charge is -2.32. The fourth-order valence-electron chi connectivity index (χ4n) is 4.08. The number of ether oxygens (including phenoxy) is 2. The van der Waals surface area contributed by atoms with Gasteiger partial charge in [-0.3, -0.25) is 9.59 Å². The van der Waals surface area contributed by atoms with Gasteiger partial charge in [0.2, 0.25) is 0 Å². The average molecular weight is 479 g/mol. The molecule has 0 amide bonds. The molecule has 0 radical (unpaired) electrons. The molecule has 34 heavy (non-hydrogen) atoms. The minimum absolute atomic E-state index is 0.150. The van der Waals surface area contributed by atoms with Crippen LogP contribution >= 0.6 is 0 Å². The highest BCUT2D eigenvalue weighted by Gasteiger charge is 2.34. The van der Waals surface area contributed by atoms with Gasteiger partial charge in [0, 0.05) is 12.8 Å². The third-order valence-corrected chi connectivity index (χ3v) is 6.29. The van der Waals surface area contributed by atoms with Gasteiger partial charge >= 0.3 is 11.9 Å². The highest BCUT2D eigenvalue weighted by molar-refractivity contribution is 5.70. The molecule has 2 N–H and O–H groups in total. The van der Waals surface area contributed by atoms with Crippen LogP contribution in [0.3, 0.4) is 0 Å². The van der Waals surface area contributed by atoms with Crippen molar-refractivity contribution in [2.24, 2.45) is 5.92 Å². The number of allylic oxidation sites excluding steroid dienone is 3. The quantitative estimate of drug-likeness (QED) is 0.184. The molecule has 0 aromatic carbocycles. The first kappa shape index (κ1) is 30.1. The maximum atomic E-state index is 12.5. The van der Waals surface area contributed by atoms with Gasteiger partial charge in [-0.25, -0.2) is 0 Å². The van der Waals surface area contributed by atoms with Crippen LogP contribution in [0.1, 0.15) is 98.8 Å². The number of esters is 2. The Morgan fingerprint density at radius 2 is 1.88 bits per heavy atom. The summed E-state index contributed by atoms with van der Waals surface area (Å²) in [7, 11) is 0. The Morgan fingerprint density at radius 3 is 2.56 bits per heavy atom. The fourth-order valence-corrected chi connectivity index (χ4v) is 4.08. The fraction of sp³-hybridized carbons (Fsp3) is 0.714. The molecule has 1 heterocycles. The van der Waals surface area contributed by atoms with Gasteiger partial charge in [-0.2, -0.15) is 0 Å². The third-order valence-electron chi connectivity index (χ3n) is 6.29. The number of carbonyl (C=O) groups excluding carboxylic acids is 2. The Bertz CT molecular complexity index is 706. The second-order valence-corrected chi connectivity index (χ2v) is 9.83. The molecular formula is C28H46O6. The van der Waals surface area contributed by atoms with Crippen molar-refractivity contribution in [2.45, 2.75) is 123 Å². The molecule has 6 nitrogen and oxygen atoms in total. The number of hydrogen-bond acceptors (Lipinski definition) is 6. The van der Waals surface area contributed by atoms with Crippen LogP contribution in [-0.2, 0) is 19.1 Å². The summed E-state index contributed by atoms with van der Waals surface area (Å²) in [4.78, 5) is 24.1. The van der Waals surface area contributed by atoms with E-state index in [1.165, 1.54) is 45.4 Å². The Hall–Kier alpha value is -1.92. The van der Waals surface area contributed by atoms with Gasteiger partial charge in [-0.1, -0.05) is 70.3 Å². The summed E-state index contributed by atoms with van der Waals surface area (Å²) < 4.78 is 11.1. The average Bonchev–Trinajstić information content (AvgIpc) is 2.76. The first-order valence-electron chi connectivity index (χ1n) is 12.9. The number of carbonyl (C=O) groups is 2. The third kappa shape index (κ3) is 12.0. The number of cyclic esters (lactones) is 1. The summed E-state index contributed by atoms with van der Waals surface area (Å²) in [5.41, 5.74) is -0.488. The van der Waals surface area contributed by atoms with Crippen LogP contribution in [0.4, 0.5) is 0 Å². The first-order chi connectivity index (χ1) is 16.1. The summed E-state index contributed by atoms with van der Waals surface area (Å²) in [5.74, 6) is -1.19. The van der Waals surface area contributed by atoms with Crippen LogP contribution < -0.4 is 0 Å². The van der Waals surface area contributed by atoms with Crippen molar-refractivity contribution in [2.75, 3.05) is 0 Å². The van der Waals surface area contributed by atoms with Gasteiger partial charge in [0.05, 0.1) is 12.5 Å². The molecule has 0 fully saturated rings. The molecule has 5 unspecified atom stereocenters. The van der Waals surface area contributed by atoms with Crippen LogP contribution in [0.15, 0.2) is 36.0 Å². The molecule has 0 spiro atoms. The van der Waals surface area contributed by atoms with Crippen molar-refractivity contribution < 1.29 is 29.3 Å². The van der Waals surface area contributed by atoms with E-state index in [1.807, 2.05) is 32.1 Å². The number of hydrogen-bond donors (Lipinski definition) is 2. The Balaban J connectivity index is 2.93. The normalized spacial score (nSPS) is 30.3. The monoisotopic (exact) mass is 478 g/mol. The van der Waals surface area contributed by atoms with Crippen LogP contribution in [-0.4, -0.2) is 46.1 Å². The molecule has 1 rings (SSSR count). The zero-order valence-electron chi connectivity index (χ0n) is 21.8. The zero-order chi connectivity index (χ0) is 25.6. The van der Waals surface area contributed by atoms with E-state index in [4.69, 9.17) is 9.47 Å². The van der Waals surface area contributed by atoms with Gasteiger partial charge in [0.25, 0.3) is 0 Å². The SMILES string of the molecule is CCCCCCCC/C=C/C=C(\C)C1OC(=O)CC(O)CCC(C)(O)C(OC(C)=O)/C=C/C1C. The number of aliphatic hydroxyl groups is 2. The Morgan fingerprint density at radius 1 is 1.21 bits per heavy atom. The predicted molar refractivity (Wildman–Crippen MR) is 135 cm³/mol. The maximum Gasteiger partial charge on any atom is 0.309 e. The van der Waals surface area contributed by atoms with E-state index in [0.717, 1.165) is 12.0 Å². The summed E-state index contributed by atoms with van der Waals surface area (Å²) in [5, 5.41) is 21.2. The lowest BCUT2D eigenvalue weighted by atomic mass is 9.88. The van der Waals surface area contributed by atoms with Gasteiger partial charge < -0.3 is 19.7 Å². The van der Waals surface area contributed by atoms with Crippen molar-refractivity contribution in [3.63, 3.8) is 0 Å². The molecule has 194 valence electrons. The summed E-state index contributed by atoms with van der Waals surface area (Å²) in [6, 6.07) is 0. The molecule has 0 aliphatic carbocycles. The van der Waals surface area contributed by atoms with Crippen molar-refractivity contribution in [3.05, 3.63) is 36.0 Å². The molecule has 1 aliphatic heterocycles. The van der Waals surface area contributed by atoms with Crippen LogP contribution in [0.2, 0.25) is 0 Å². The number of aliphatic hydroxyl groups excluding tert-OH is 1. The van der Waals surface area contributed by atoms with Crippen molar-refractivity contribution >= 4 is 11.9 Å². The van der Waals surface area contributed by atoms with E-state index in [0.29, 0.717) is 0 Å². The van der Waals surface area contributed by atoms with E-state index in [1.54, 1.807) is 13.0 Å². The highest BCUT2D eigenvalue weighted by Crippen LogP contribution is 2.27. The lowest BCUT2D eigenvalue weighted by molar-refractivity contribution is -0.157. The van der Waals surface area contributed by atoms with Crippen molar-refractivity contribution in [3.8, 4) is 0 Å². The summed E-state index contributed by atoms with van der Waals surface area (Å²) >= 11 is 0. The smallest absolute Gasteiger partial charge is 0.309 e. The molecular weight excluding hydrogens is 432 g/mol. The Labute approximate surface area is 206 Å². The topological polar surface area (TPSA) is 93.1 Å². The summed E-state index contributed by atoms with van der Waals surface area (Å²) in [6.07, 6.45) is 16.0. The Kier molecular flexibility index (Phi) is 14.1. The number of rotatable bonds is 10. The van der Waals surface area contributed by atoms with Crippen LogP contribution in [0.25, 0.3) is 0 Å². The molecule has 0 aromatic rings. The standard InChI is InChI=1S/C28H46O6/c1-6-7-8-9-10-11-12-13-14-15-21(2)27-22(3)16-17-25(33-23(4)29)28(5,32)19-18-24(30)20-26(31)34-27/h13-17,22,24-25,27,30,32H,6-12,18-20H2,1-5H3/b14-13+,17-16+,21-15+. The second-order valence-electron chi connectivity index (χ2n) is 9.83. The first-order valence-corrected chi connectivity index (χ1v) is 12.9. The lowest BCUT2D eigenvalue weighted by Crippen LogP contribution is -2.42. The molecule has 0 bridgehead atoms. The molecule has 0 saturated heterocycles. The van der Waals surface area contributed by atoms with Gasteiger partial charge in [-0.15, -0.1) is 0 Å². The minimum atomic E-state index is -1.37. The molecule has 0 saturated carbocycles. The van der Waals surface area contributed by atoms with Gasteiger partial charge in [0.15, 0.2) is 0 Å². The second kappa shape index (κ2) is 15.9. The largest absolute Gasteiger partial charge is 0.457 e. The van der Waals surface area contributed by atoms with Crippen LogP contribution in [0.5, 0.6) is 0 Å². The van der Waals surface area contributed by atoms with E-state index < -0.39 is 35.9 Å². The van der Waals surface area contributed by atoms with Crippen LogP contribution in [0, 0.1) is 5.92 Å². The molecule has 0 aromatic heterocycles. The van der Waals surface area contributed by atoms with E-state index in [-0.39, 0.29) is 25.2 Å². The molecule has 5 atom stereocenters. The van der Waals surface area contributed by atoms with E-state index >= 15 is 0 Å². The highest BCUT2D eigenvalue weighted by atomic mass is 16.6.